The van der Waals surface area contributed by atoms with Gasteiger partial charge in [-0.25, -0.2) is 4.39 Å². The van der Waals surface area contributed by atoms with E-state index in [1.165, 1.54) is 37.9 Å². The predicted octanol–water partition coefficient (Wildman–Crippen LogP) is 3.79. The van der Waals surface area contributed by atoms with Crippen LogP contribution in [0.3, 0.4) is 0 Å². The van der Waals surface area contributed by atoms with Gasteiger partial charge >= 0.3 is 0 Å². The van der Waals surface area contributed by atoms with E-state index in [0.29, 0.717) is 22.9 Å². The van der Waals surface area contributed by atoms with E-state index in [2.05, 4.69) is 10.1 Å². The second-order valence-corrected chi connectivity index (χ2v) is 5.57. The molecule has 0 bridgehead atoms. The molecule has 0 N–H and O–H groups in total. The van der Waals surface area contributed by atoms with Gasteiger partial charge in [-0.1, -0.05) is 25.7 Å². The van der Waals surface area contributed by atoms with Crippen molar-refractivity contribution < 1.29 is 9.18 Å². The fourth-order valence-electron chi connectivity index (χ4n) is 2.97. The molecule has 0 aromatic carbocycles. The van der Waals surface area contributed by atoms with Gasteiger partial charge in [-0.3, -0.25) is 14.5 Å². The normalized spacial score (nSPS) is 16.6. The zero-order valence-corrected chi connectivity index (χ0v) is 11.8. The molecule has 1 aliphatic rings. The molecule has 2 aromatic rings. The highest BCUT2D eigenvalue weighted by Crippen LogP contribution is 2.29. The third-order valence-electron chi connectivity index (χ3n) is 4.06. The smallest absolute Gasteiger partial charge is 0.153 e. The van der Waals surface area contributed by atoms with Gasteiger partial charge in [0.15, 0.2) is 6.29 Å². The number of nitrogens with zero attached hydrogens (tertiary/aromatic N) is 3. The second kappa shape index (κ2) is 6.16. The minimum absolute atomic E-state index is 0.335. The first kappa shape index (κ1) is 13.9. The van der Waals surface area contributed by atoms with Crippen LogP contribution in [0.2, 0.25) is 0 Å². The summed E-state index contributed by atoms with van der Waals surface area (Å²) in [6, 6.07) is 1.70. The number of rotatable bonds is 3. The molecule has 0 aliphatic heterocycles. The summed E-state index contributed by atoms with van der Waals surface area (Å²) in [4.78, 5) is 15.1. The van der Waals surface area contributed by atoms with E-state index in [9.17, 15) is 9.18 Å². The maximum atomic E-state index is 13.3. The number of hydrogen-bond donors (Lipinski definition) is 0. The molecule has 1 fully saturated rings. The van der Waals surface area contributed by atoms with Gasteiger partial charge in [-0.2, -0.15) is 5.10 Å². The highest BCUT2D eigenvalue weighted by molar-refractivity contribution is 5.85. The van der Waals surface area contributed by atoms with E-state index >= 15 is 0 Å². The predicted molar refractivity (Wildman–Crippen MR) is 77.5 cm³/mol. The van der Waals surface area contributed by atoms with Crippen molar-refractivity contribution in [1.29, 1.82) is 0 Å². The Morgan fingerprint density at radius 1 is 1.19 bits per heavy atom. The van der Waals surface area contributed by atoms with E-state index < -0.39 is 5.82 Å². The molecule has 21 heavy (non-hydrogen) atoms. The van der Waals surface area contributed by atoms with Crippen LogP contribution in [0.15, 0.2) is 24.7 Å². The van der Waals surface area contributed by atoms with E-state index in [0.717, 1.165) is 25.3 Å². The molecule has 0 spiro atoms. The van der Waals surface area contributed by atoms with Crippen molar-refractivity contribution >= 4 is 6.29 Å². The number of aromatic nitrogens is 3. The van der Waals surface area contributed by atoms with Crippen LogP contribution in [0.25, 0.3) is 11.3 Å². The summed E-state index contributed by atoms with van der Waals surface area (Å²) in [6.07, 6.45) is 12.3. The molecule has 3 rings (SSSR count). The topological polar surface area (TPSA) is 47.8 Å². The molecule has 0 amide bonds. The lowest BCUT2D eigenvalue weighted by atomic mass is 10.1. The van der Waals surface area contributed by atoms with Crippen molar-refractivity contribution in [2.24, 2.45) is 0 Å². The van der Waals surface area contributed by atoms with E-state index in [-0.39, 0.29) is 0 Å². The van der Waals surface area contributed by atoms with Gasteiger partial charge in [0, 0.05) is 18.0 Å². The molecule has 110 valence electrons. The Bertz CT molecular complexity index is 630. The standard InChI is InChI=1S/C16H18FN3O/c17-14-7-12(8-18-9-14)16-13(11-21)10-20(19-16)15-5-3-1-2-4-6-15/h7-11,15H,1-6H2. The molecule has 0 unspecified atom stereocenters. The minimum Gasteiger partial charge on any atom is -0.298 e. The highest BCUT2D eigenvalue weighted by Gasteiger charge is 2.18. The fourth-order valence-corrected chi connectivity index (χ4v) is 2.97. The fraction of sp³-hybridized carbons (Fsp3) is 0.438. The van der Waals surface area contributed by atoms with Gasteiger partial charge in [-0.05, 0) is 18.9 Å². The number of halogens is 1. The van der Waals surface area contributed by atoms with Gasteiger partial charge in [0.2, 0.25) is 0 Å². The molecule has 0 radical (unpaired) electrons. The Kier molecular flexibility index (Phi) is 4.08. The monoisotopic (exact) mass is 287 g/mol. The summed E-state index contributed by atoms with van der Waals surface area (Å²) in [7, 11) is 0. The van der Waals surface area contributed by atoms with Crippen molar-refractivity contribution in [3.05, 3.63) is 36.0 Å². The zero-order chi connectivity index (χ0) is 14.7. The molecule has 0 saturated heterocycles. The minimum atomic E-state index is -0.423. The SMILES string of the molecule is O=Cc1cn(C2CCCCCC2)nc1-c1cncc(F)c1. The van der Waals surface area contributed by atoms with Gasteiger partial charge in [0.05, 0.1) is 17.8 Å². The second-order valence-electron chi connectivity index (χ2n) is 5.57. The Balaban J connectivity index is 1.96. The number of carbonyl (C=O) groups excluding carboxylic acids is 1. The van der Waals surface area contributed by atoms with Crippen molar-refractivity contribution in [2.75, 3.05) is 0 Å². The Morgan fingerprint density at radius 2 is 1.95 bits per heavy atom. The first-order valence-corrected chi connectivity index (χ1v) is 7.43. The largest absolute Gasteiger partial charge is 0.298 e. The molecule has 4 nitrogen and oxygen atoms in total. The molecular weight excluding hydrogens is 269 g/mol. The molecule has 2 heterocycles. The molecule has 1 aliphatic carbocycles. The lowest BCUT2D eigenvalue weighted by molar-refractivity contribution is 0.112. The number of hydrogen-bond acceptors (Lipinski definition) is 3. The van der Waals surface area contributed by atoms with Crippen molar-refractivity contribution in [3.8, 4) is 11.3 Å². The molecular formula is C16H18FN3O. The lowest BCUT2D eigenvalue weighted by Crippen LogP contribution is -2.08. The van der Waals surface area contributed by atoms with Crippen LogP contribution in [0, 0.1) is 5.82 Å². The van der Waals surface area contributed by atoms with E-state index in [1.807, 2.05) is 4.68 Å². The van der Waals surface area contributed by atoms with Crippen LogP contribution in [0.5, 0.6) is 0 Å². The van der Waals surface area contributed by atoms with Crippen LogP contribution >= 0.6 is 0 Å². The Morgan fingerprint density at radius 3 is 2.62 bits per heavy atom. The maximum absolute atomic E-state index is 13.3. The van der Waals surface area contributed by atoms with Crippen LogP contribution in [0.4, 0.5) is 4.39 Å². The summed E-state index contributed by atoms with van der Waals surface area (Å²) in [5.74, 6) is -0.423. The van der Waals surface area contributed by atoms with E-state index in [1.54, 1.807) is 6.20 Å². The quantitative estimate of drug-likeness (QED) is 0.637. The van der Waals surface area contributed by atoms with Gasteiger partial charge in [-0.15, -0.1) is 0 Å². The first-order chi connectivity index (χ1) is 10.3. The van der Waals surface area contributed by atoms with E-state index in [4.69, 9.17) is 0 Å². The third-order valence-corrected chi connectivity index (χ3v) is 4.06. The van der Waals surface area contributed by atoms with Crippen molar-refractivity contribution in [2.45, 2.75) is 44.6 Å². The summed E-state index contributed by atoms with van der Waals surface area (Å²) in [5.41, 5.74) is 1.55. The highest BCUT2D eigenvalue weighted by atomic mass is 19.1. The van der Waals surface area contributed by atoms with Gasteiger partial charge in [0.1, 0.15) is 11.5 Å². The summed E-state index contributed by atoms with van der Waals surface area (Å²) in [6.45, 7) is 0. The zero-order valence-electron chi connectivity index (χ0n) is 11.8. The van der Waals surface area contributed by atoms with Gasteiger partial charge < -0.3 is 0 Å². The lowest BCUT2D eigenvalue weighted by Gasteiger charge is -2.14. The molecule has 0 atom stereocenters. The average molecular weight is 287 g/mol. The number of carbonyl (C=O) groups is 1. The van der Waals surface area contributed by atoms with Crippen LogP contribution in [-0.2, 0) is 0 Å². The Hall–Kier alpha value is -2.04. The first-order valence-electron chi connectivity index (χ1n) is 7.43. The maximum Gasteiger partial charge on any atom is 0.153 e. The Labute approximate surface area is 123 Å². The summed E-state index contributed by atoms with van der Waals surface area (Å²) >= 11 is 0. The summed E-state index contributed by atoms with van der Waals surface area (Å²) in [5, 5.41) is 4.54. The van der Waals surface area contributed by atoms with Crippen LogP contribution < -0.4 is 0 Å². The number of pyridine rings is 1. The molecule has 2 aromatic heterocycles. The van der Waals surface area contributed by atoms with Crippen LogP contribution in [-0.4, -0.2) is 21.1 Å². The molecule has 5 heteroatoms. The summed E-state index contributed by atoms with van der Waals surface area (Å²) < 4.78 is 15.2. The van der Waals surface area contributed by atoms with Gasteiger partial charge in [0.25, 0.3) is 0 Å². The van der Waals surface area contributed by atoms with Crippen molar-refractivity contribution in [1.82, 2.24) is 14.8 Å². The van der Waals surface area contributed by atoms with Crippen molar-refractivity contribution in [3.63, 3.8) is 0 Å². The number of aldehydes is 1. The van der Waals surface area contributed by atoms with Crippen LogP contribution in [0.1, 0.15) is 54.9 Å². The third kappa shape index (κ3) is 3.01. The molecule has 1 saturated carbocycles. The average Bonchev–Trinajstić information content (AvgIpc) is 2.74.